The third-order valence-electron chi connectivity index (χ3n) is 3.40. The number of nitrogens with one attached hydrogen (secondary N) is 1. The van der Waals surface area contributed by atoms with Crippen molar-refractivity contribution in [1.82, 2.24) is 9.55 Å². The summed E-state index contributed by atoms with van der Waals surface area (Å²) in [7, 11) is 1.19. The largest absolute Gasteiger partial charge is 0.469 e. The standard InChI is InChI=1S/C12H16N2O7S/c1-20-7(16)2-5-3-14(12(22)13-10(5)19)11-9(18)8(17)6(4-15)21-11/h3,6,8-9,11,15,17-18H,2,4H2,1H3,(H,13,19,22)/t6-,8?,9?,11-/m1/s1. The molecule has 2 heterocycles. The van der Waals surface area contributed by atoms with Crippen LogP contribution >= 0.6 is 12.2 Å². The van der Waals surface area contributed by atoms with E-state index in [1.54, 1.807) is 0 Å². The Morgan fingerprint density at radius 2 is 2.18 bits per heavy atom. The molecule has 0 radical (unpaired) electrons. The van der Waals surface area contributed by atoms with Crippen molar-refractivity contribution in [3.8, 4) is 0 Å². The lowest BCUT2D eigenvalue weighted by Gasteiger charge is -2.19. The Kier molecular flexibility index (Phi) is 5.08. The average molecular weight is 332 g/mol. The average Bonchev–Trinajstić information content (AvgIpc) is 2.77. The predicted molar refractivity (Wildman–Crippen MR) is 74.6 cm³/mol. The zero-order chi connectivity index (χ0) is 16.4. The molecule has 1 fully saturated rings. The van der Waals surface area contributed by atoms with Crippen LogP contribution in [0.5, 0.6) is 0 Å². The number of ether oxygens (including phenoxy) is 2. The van der Waals surface area contributed by atoms with Gasteiger partial charge >= 0.3 is 5.97 Å². The van der Waals surface area contributed by atoms with E-state index in [1.165, 1.54) is 17.9 Å². The molecule has 1 aliphatic heterocycles. The van der Waals surface area contributed by atoms with E-state index in [0.717, 1.165) is 0 Å². The maximum absolute atomic E-state index is 11.8. The third-order valence-corrected chi connectivity index (χ3v) is 3.71. The van der Waals surface area contributed by atoms with Crippen LogP contribution in [-0.2, 0) is 20.7 Å². The minimum absolute atomic E-state index is 0.0477. The van der Waals surface area contributed by atoms with E-state index in [0.29, 0.717) is 0 Å². The maximum Gasteiger partial charge on any atom is 0.310 e. The molecule has 4 N–H and O–H groups in total. The Balaban J connectivity index is 2.39. The van der Waals surface area contributed by atoms with Gasteiger partial charge in [0.1, 0.15) is 18.3 Å². The lowest BCUT2D eigenvalue weighted by atomic mass is 10.1. The van der Waals surface area contributed by atoms with E-state index in [9.17, 15) is 19.8 Å². The molecule has 122 valence electrons. The van der Waals surface area contributed by atoms with Crippen LogP contribution in [-0.4, -0.2) is 62.9 Å². The minimum atomic E-state index is -1.35. The fraction of sp³-hybridized carbons (Fsp3) is 0.583. The van der Waals surface area contributed by atoms with Crippen molar-refractivity contribution in [1.29, 1.82) is 0 Å². The van der Waals surface area contributed by atoms with Gasteiger partial charge in [-0.3, -0.25) is 19.1 Å². The number of methoxy groups -OCH3 is 1. The van der Waals surface area contributed by atoms with E-state index in [1.807, 2.05) is 0 Å². The molecule has 0 bridgehead atoms. The van der Waals surface area contributed by atoms with Crippen LogP contribution in [0.4, 0.5) is 0 Å². The van der Waals surface area contributed by atoms with Crippen LogP contribution in [0.2, 0.25) is 0 Å². The third kappa shape index (κ3) is 3.10. The normalized spacial score (nSPS) is 27.8. The van der Waals surface area contributed by atoms with Gasteiger partial charge < -0.3 is 24.8 Å². The van der Waals surface area contributed by atoms with Gasteiger partial charge in [-0.15, -0.1) is 0 Å². The Bertz CT molecular complexity index is 670. The van der Waals surface area contributed by atoms with E-state index in [4.69, 9.17) is 22.1 Å². The topological polar surface area (TPSA) is 134 Å². The number of carbonyl (C=O) groups excluding carboxylic acids is 1. The van der Waals surface area contributed by atoms with Gasteiger partial charge in [0.05, 0.1) is 20.1 Å². The molecular formula is C12H16N2O7S. The quantitative estimate of drug-likeness (QED) is 0.376. The first-order valence-corrected chi connectivity index (χ1v) is 6.83. The molecule has 10 heteroatoms. The van der Waals surface area contributed by atoms with E-state index in [-0.39, 0.29) is 16.8 Å². The number of esters is 1. The molecule has 1 aromatic heterocycles. The van der Waals surface area contributed by atoms with E-state index < -0.39 is 42.7 Å². The van der Waals surface area contributed by atoms with Crippen LogP contribution in [0.1, 0.15) is 11.8 Å². The van der Waals surface area contributed by atoms with E-state index >= 15 is 0 Å². The van der Waals surface area contributed by atoms with Gasteiger partial charge in [0.25, 0.3) is 5.56 Å². The second kappa shape index (κ2) is 6.67. The second-order valence-corrected chi connectivity index (χ2v) is 5.19. The number of H-pyrrole nitrogens is 1. The molecule has 22 heavy (non-hydrogen) atoms. The maximum atomic E-state index is 11.8. The summed E-state index contributed by atoms with van der Waals surface area (Å²) in [6.07, 6.45) is -3.73. The molecule has 1 aliphatic rings. The Labute approximate surface area is 129 Å². The first-order valence-electron chi connectivity index (χ1n) is 6.42. The summed E-state index contributed by atoms with van der Waals surface area (Å²) in [6.45, 7) is -0.486. The van der Waals surface area contributed by atoms with Gasteiger partial charge in [0.2, 0.25) is 0 Å². The number of aliphatic hydroxyl groups excluding tert-OH is 3. The van der Waals surface area contributed by atoms with Crippen LogP contribution in [0.3, 0.4) is 0 Å². The molecule has 2 unspecified atom stereocenters. The molecule has 2 rings (SSSR count). The minimum Gasteiger partial charge on any atom is -0.469 e. The van der Waals surface area contributed by atoms with Gasteiger partial charge in [-0.1, -0.05) is 0 Å². The van der Waals surface area contributed by atoms with Crippen molar-refractivity contribution in [3.63, 3.8) is 0 Å². The van der Waals surface area contributed by atoms with Gasteiger partial charge in [0, 0.05) is 11.8 Å². The molecule has 0 spiro atoms. The highest BCUT2D eigenvalue weighted by Gasteiger charge is 2.43. The summed E-state index contributed by atoms with van der Waals surface area (Å²) >= 11 is 5.00. The van der Waals surface area contributed by atoms with E-state index in [2.05, 4.69) is 9.72 Å². The number of nitrogens with zero attached hydrogens (tertiary/aromatic N) is 1. The monoisotopic (exact) mass is 332 g/mol. The van der Waals surface area contributed by atoms with Crippen molar-refractivity contribution >= 4 is 18.2 Å². The zero-order valence-corrected chi connectivity index (χ0v) is 12.4. The van der Waals surface area contributed by atoms with Crippen molar-refractivity contribution < 1.29 is 29.6 Å². The molecule has 0 amide bonds. The summed E-state index contributed by atoms with van der Waals surface area (Å²) in [5.41, 5.74) is -0.489. The first kappa shape index (κ1) is 16.8. The Morgan fingerprint density at radius 3 is 2.73 bits per heavy atom. The van der Waals surface area contributed by atoms with Crippen LogP contribution in [0.15, 0.2) is 11.0 Å². The second-order valence-electron chi connectivity index (χ2n) is 4.80. The van der Waals surface area contributed by atoms with Crippen molar-refractivity contribution in [2.45, 2.75) is 31.0 Å². The van der Waals surface area contributed by atoms with Crippen molar-refractivity contribution in [2.24, 2.45) is 0 Å². The number of aromatic amines is 1. The number of hydrogen-bond acceptors (Lipinski definition) is 8. The predicted octanol–water partition coefficient (Wildman–Crippen LogP) is -1.77. The van der Waals surface area contributed by atoms with Crippen LogP contribution in [0, 0.1) is 4.77 Å². The summed E-state index contributed by atoms with van der Waals surface area (Å²) in [6, 6.07) is 0. The SMILES string of the molecule is COC(=O)Cc1cn([C@@H]2O[C@H](CO)C(O)C2O)c(=S)[nH]c1=O. The zero-order valence-electron chi connectivity index (χ0n) is 11.6. The van der Waals surface area contributed by atoms with Crippen molar-refractivity contribution in [3.05, 3.63) is 26.9 Å². The summed E-state index contributed by atoms with van der Waals surface area (Å²) in [5, 5.41) is 28.8. The highest BCUT2D eigenvalue weighted by molar-refractivity contribution is 7.71. The smallest absolute Gasteiger partial charge is 0.310 e. The molecule has 0 aromatic carbocycles. The van der Waals surface area contributed by atoms with Gasteiger partial charge in [0.15, 0.2) is 11.0 Å². The number of aliphatic hydroxyl groups is 3. The fourth-order valence-corrected chi connectivity index (χ4v) is 2.43. The van der Waals surface area contributed by atoms with Gasteiger partial charge in [-0.25, -0.2) is 0 Å². The van der Waals surface area contributed by atoms with Crippen LogP contribution < -0.4 is 5.56 Å². The number of aromatic nitrogens is 2. The molecule has 9 nitrogen and oxygen atoms in total. The first-order chi connectivity index (χ1) is 10.4. The summed E-state index contributed by atoms with van der Waals surface area (Å²) in [5.74, 6) is -0.615. The molecular weight excluding hydrogens is 316 g/mol. The van der Waals surface area contributed by atoms with Gasteiger partial charge in [-0.05, 0) is 12.2 Å². The summed E-state index contributed by atoms with van der Waals surface area (Å²) < 4.78 is 11.0. The molecule has 1 aromatic rings. The molecule has 0 aliphatic carbocycles. The number of rotatable bonds is 4. The lowest BCUT2D eigenvalue weighted by molar-refractivity contribution is -0.139. The highest BCUT2D eigenvalue weighted by atomic mass is 32.1. The molecule has 4 atom stereocenters. The highest BCUT2D eigenvalue weighted by Crippen LogP contribution is 2.29. The van der Waals surface area contributed by atoms with Gasteiger partial charge in [-0.2, -0.15) is 0 Å². The fourth-order valence-electron chi connectivity index (χ4n) is 2.18. The summed E-state index contributed by atoms with van der Waals surface area (Å²) in [4.78, 5) is 25.5. The van der Waals surface area contributed by atoms with Crippen molar-refractivity contribution in [2.75, 3.05) is 13.7 Å². The number of carbonyl (C=O) groups is 1. The molecule has 1 saturated heterocycles. The Hall–Kier alpha value is -1.59. The van der Waals surface area contributed by atoms with Crippen LogP contribution in [0.25, 0.3) is 0 Å². The molecule has 0 saturated carbocycles. The lowest BCUT2D eigenvalue weighted by Crippen LogP contribution is -2.33. The number of hydrogen-bond donors (Lipinski definition) is 4. The Morgan fingerprint density at radius 1 is 1.50 bits per heavy atom.